The number of piperidine rings is 1. The number of allylic oxidation sites excluding steroid dienone is 1. The number of benzene rings is 2. The second-order valence-electron chi connectivity index (χ2n) is 16.1. The minimum atomic E-state index is -0.328. The van der Waals surface area contributed by atoms with Gasteiger partial charge < -0.3 is 23.8 Å². The van der Waals surface area contributed by atoms with Gasteiger partial charge in [-0.3, -0.25) is 24.3 Å². The zero-order valence-corrected chi connectivity index (χ0v) is 35.1. The van der Waals surface area contributed by atoms with E-state index in [0.29, 0.717) is 48.8 Å². The molecule has 0 saturated carbocycles. The van der Waals surface area contributed by atoms with Gasteiger partial charge in [-0.2, -0.15) is 0 Å². The number of hydrogen-bond donors (Lipinski definition) is 0. The third kappa shape index (κ3) is 9.42. The maximum atomic E-state index is 13.1. The summed E-state index contributed by atoms with van der Waals surface area (Å²) < 4.78 is 14.7. The topological polar surface area (TPSA) is 110 Å². The molecule has 0 aliphatic carbocycles. The van der Waals surface area contributed by atoms with Gasteiger partial charge >= 0.3 is 0 Å². The number of ether oxygens (including phenoxy) is 2. The number of ketones is 1. The van der Waals surface area contributed by atoms with E-state index in [-0.39, 0.29) is 29.7 Å². The van der Waals surface area contributed by atoms with E-state index in [4.69, 9.17) is 14.5 Å². The van der Waals surface area contributed by atoms with Crippen molar-refractivity contribution >= 4 is 45.2 Å². The number of hydrogen-bond acceptors (Lipinski definition) is 9. The van der Waals surface area contributed by atoms with Gasteiger partial charge in [0.1, 0.15) is 17.4 Å². The molecular weight excluding hydrogens is 741 g/mol. The summed E-state index contributed by atoms with van der Waals surface area (Å²) >= 11 is 0. The van der Waals surface area contributed by atoms with Crippen molar-refractivity contribution in [1.82, 2.24) is 24.3 Å². The number of carbonyl (C=O) groups excluding carboxylic acids is 3. The molecule has 1 unspecified atom stereocenters. The van der Waals surface area contributed by atoms with Crippen LogP contribution in [0.2, 0.25) is 0 Å². The van der Waals surface area contributed by atoms with Crippen molar-refractivity contribution in [3.63, 3.8) is 0 Å². The molecular formula is C48H58N6O5. The quantitative estimate of drug-likeness (QED) is 0.0551. The number of amides is 2. The van der Waals surface area contributed by atoms with Crippen molar-refractivity contribution in [2.24, 2.45) is 7.05 Å². The van der Waals surface area contributed by atoms with Crippen LogP contribution in [0.25, 0.3) is 32.9 Å². The largest absolute Gasteiger partial charge is 0.494 e. The van der Waals surface area contributed by atoms with E-state index in [1.165, 1.54) is 26.7 Å². The smallest absolute Gasteiger partial charge is 0.261 e. The van der Waals surface area contributed by atoms with E-state index in [0.717, 1.165) is 81.8 Å². The minimum absolute atomic E-state index is 0.137. The fraction of sp³-hybridized carbons (Fsp3) is 0.438. The van der Waals surface area contributed by atoms with Crippen molar-refractivity contribution in [2.75, 3.05) is 44.2 Å². The van der Waals surface area contributed by atoms with E-state index >= 15 is 0 Å². The van der Waals surface area contributed by atoms with Crippen LogP contribution in [0.15, 0.2) is 85.8 Å². The number of rotatable bonds is 16. The lowest BCUT2D eigenvalue weighted by Gasteiger charge is -2.43. The molecule has 2 saturated heterocycles. The number of nitrogens with zero attached hydrogens (tertiary/aromatic N) is 6. The average molecular weight is 799 g/mol. The predicted molar refractivity (Wildman–Crippen MR) is 234 cm³/mol. The molecule has 3 aromatic heterocycles. The van der Waals surface area contributed by atoms with Crippen LogP contribution in [0, 0.1) is 0 Å². The van der Waals surface area contributed by atoms with E-state index < -0.39 is 0 Å². The van der Waals surface area contributed by atoms with Crippen LogP contribution < -0.4 is 9.64 Å². The molecule has 59 heavy (non-hydrogen) atoms. The van der Waals surface area contributed by atoms with Crippen molar-refractivity contribution < 1.29 is 23.9 Å². The Hall–Kier alpha value is -5.39. The maximum Gasteiger partial charge on any atom is 0.261 e. The minimum Gasteiger partial charge on any atom is -0.494 e. The lowest BCUT2D eigenvalue weighted by Crippen LogP contribution is -2.54. The molecule has 5 aromatic rings. The molecule has 2 aromatic carbocycles. The Labute approximate surface area is 348 Å². The Morgan fingerprint density at radius 3 is 2.41 bits per heavy atom. The molecule has 11 heteroatoms. The molecule has 2 amide bonds. The van der Waals surface area contributed by atoms with E-state index in [9.17, 15) is 14.4 Å². The highest BCUT2D eigenvalue weighted by Gasteiger charge is 2.39. The highest BCUT2D eigenvalue weighted by Crippen LogP contribution is 2.33. The van der Waals surface area contributed by atoms with Crippen molar-refractivity contribution in [3.8, 4) is 16.9 Å². The number of Topliss-reactive ketones (excluding diaryl/α,β-unsaturated/α-hetero) is 1. The average Bonchev–Trinajstić information content (AvgIpc) is 3.67. The standard InChI is InChI=1S/C45H52N6O5.C3H6/c1-4-33(52)11-8-30(2)51-44(53)38-14-12-35(25-39(38)45(51)54)55-23-7-5-6-20-49-21-17-34(18-22-49)56-36-28-50(29-36)43-15-10-32(26-47-43)31-9-13-37-40-27-46-19-16-41(40)48(3)42(37)24-31;1-3-2/h9-10,12-16,19,24-27,30,34,36H,4-8,11,17-18,20-23,28-29H2,1-3H3;3H,1H2,2H3. The number of unbranched alkanes of at least 4 members (excludes halogenated alkanes) is 2. The third-order valence-corrected chi connectivity index (χ3v) is 11.9. The predicted octanol–water partition coefficient (Wildman–Crippen LogP) is 8.64. The Morgan fingerprint density at radius 2 is 1.66 bits per heavy atom. The first kappa shape index (κ1) is 41.8. The van der Waals surface area contributed by atoms with Gasteiger partial charge in [-0.25, -0.2) is 4.98 Å². The van der Waals surface area contributed by atoms with Crippen LogP contribution in [-0.4, -0.2) is 99.5 Å². The molecule has 3 aliphatic heterocycles. The fourth-order valence-electron chi connectivity index (χ4n) is 8.44. The van der Waals surface area contributed by atoms with Gasteiger partial charge in [0.05, 0.1) is 35.5 Å². The maximum absolute atomic E-state index is 13.1. The first-order valence-electron chi connectivity index (χ1n) is 21.3. The molecule has 2 fully saturated rings. The normalized spacial score (nSPS) is 16.5. The highest BCUT2D eigenvalue weighted by molar-refractivity contribution is 6.21. The summed E-state index contributed by atoms with van der Waals surface area (Å²) in [7, 11) is 2.11. The lowest BCUT2D eigenvalue weighted by atomic mass is 10.0. The van der Waals surface area contributed by atoms with Crippen LogP contribution >= 0.6 is 0 Å². The molecule has 0 radical (unpaired) electrons. The second-order valence-corrected chi connectivity index (χ2v) is 16.1. The lowest BCUT2D eigenvalue weighted by molar-refractivity contribution is -0.119. The summed E-state index contributed by atoms with van der Waals surface area (Å²) in [5.74, 6) is 1.15. The molecule has 3 aliphatic rings. The van der Waals surface area contributed by atoms with Gasteiger partial charge in [0, 0.05) is 92.6 Å². The zero-order chi connectivity index (χ0) is 41.5. The Kier molecular flexibility index (Phi) is 13.5. The summed E-state index contributed by atoms with van der Waals surface area (Å²) in [5, 5.41) is 2.39. The molecule has 0 spiro atoms. The Bertz CT molecular complexity index is 2270. The molecule has 1 atom stereocenters. The molecule has 310 valence electrons. The van der Waals surface area contributed by atoms with Gasteiger partial charge in [0.2, 0.25) is 0 Å². The van der Waals surface area contributed by atoms with E-state index in [1.54, 1.807) is 24.3 Å². The summed E-state index contributed by atoms with van der Waals surface area (Å²) in [5.41, 5.74) is 5.43. The number of pyridine rings is 2. The number of fused-ring (bicyclic) bond motifs is 4. The van der Waals surface area contributed by atoms with E-state index in [1.807, 2.05) is 39.4 Å². The third-order valence-electron chi connectivity index (χ3n) is 11.9. The van der Waals surface area contributed by atoms with Crippen LogP contribution in [0.3, 0.4) is 0 Å². The van der Waals surface area contributed by atoms with Crippen molar-refractivity contribution in [2.45, 2.75) is 90.4 Å². The van der Waals surface area contributed by atoms with Crippen LogP contribution in [0.1, 0.15) is 92.9 Å². The van der Waals surface area contributed by atoms with Crippen LogP contribution in [0.5, 0.6) is 5.75 Å². The molecule has 6 heterocycles. The van der Waals surface area contributed by atoms with Gasteiger partial charge in [-0.1, -0.05) is 25.1 Å². The van der Waals surface area contributed by atoms with Crippen molar-refractivity contribution in [1.29, 1.82) is 0 Å². The highest BCUT2D eigenvalue weighted by atomic mass is 16.5. The summed E-state index contributed by atoms with van der Waals surface area (Å²) in [6.45, 7) is 14.4. The fourth-order valence-corrected chi connectivity index (χ4v) is 8.44. The Balaban J connectivity index is 0.00000171. The molecule has 11 nitrogen and oxygen atoms in total. The number of likely N-dealkylation sites (tertiary alicyclic amines) is 1. The Morgan fingerprint density at radius 1 is 0.898 bits per heavy atom. The summed E-state index contributed by atoms with van der Waals surface area (Å²) in [6.07, 6.45) is 14.6. The van der Waals surface area contributed by atoms with Gasteiger partial charge in [0.25, 0.3) is 11.8 Å². The SMILES string of the molecule is C=CC.CCC(=O)CCC(C)N1C(=O)c2ccc(OCCCCCN3CCC(OC4CN(c5ccc(-c6ccc7c8cnccc8n(C)c7c6)cn5)C4)CC3)cc2C1=O. The van der Waals surface area contributed by atoms with Crippen LogP contribution in [-0.2, 0) is 16.6 Å². The number of imide groups is 1. The monoisotopic (exact) mass is 798 g/mol. The zero-order valence-electron chi connectivity index (χ0n) is 35.1. The van der Waals surface area contributed by atoms with Gasteiger partial charge in [0.15, 0.2) is 0 Å². The first-order valence-corrected chi connectivity index (χ1v) is 21.3. The molecule has 0 bridgehead atoms. The number of aryl methyl sites for hydroxylation is 1. The van der Waals surface area contributed by atoms with Crippen molar-refractivity contribution in [3.05, 3.63) is 97.0 Å². The number of anilines is 1. The first-order chi connectivity index (χ1) is 28.7. The molecule has 8 rings (SSSR count). The van der Waals surface area contributed by atoms with Gasteiger partial charge in [-0.05, 0) is 107 Å². The number of aromatic nitrogens is 3. The molecule has 0 N–H and O–H groups in total. The number of carbonyl (C=O) groups is 3. The van der Waals surface area contributed by atoms with Crippen LogP contribution in [0.4, 0.5) is 5.82 Å². The summed E-state index contributed by atoms with van der Waals surface area (Å²) in [6, 6.07) is 17.8. The van der Waals surface area contributed by atoms with E-state index in [2.05, 4.69) is 69.4 Å². The second kappa shape index (κ2) is 19.1. The summed E-state index contributed by atoms with van der Waals surface area (Å²) in [4.78, 5) is 53.0. The van der Waals surface area contributed by atoms with Gasteiger partial charge in [-0.15, -0.1) is 6.58 Å².